The van der Waals surface area contributed by atoms with Gasteiger partial charge in [0.2, 0.25) is 0 Å². The highest BCUT2D eigenvalue weighted by molar-refractivity contribution is 6.79. The molecule has 17 heavy (non-hydrogen) atoms. The maximum Gasteiger partial charge on any atom is 0.372 e. The second-order valence-electron chi connectivity index (χ2n) is 5.22. The first kappa shape index (κ1) is 17.3. The first-order valence-electron chi connectivity index (χ1n) is 6.91. The fourth-order valence-electron chi connectivity index (χ4n) is 1.93. The van der Waals surface area contributed by atoms with Gasteiger partial charge >= 0.3 is 17.3 Å². The molecule has 0 amide bonds. The summed E-state index contributed by atoms with van der Waals surface area (Å²) >= 11 is 0. The lowest BCUT2D eigenvalue weighted by Crippen LogP contribution is -2.42. The van der Waals surface area contributed by atoms with Crippen molar-refractivity contribution in [2.45, 2.75) is 77.6 Å². The van der Waals surface area contributed by atoms with E-state index in [9.17, 15) is 8.22 Å². The molecular formula is C12H28F2OSi2. The molecule has 104 valence electrons. The van der Waals surface area contributed by atoms with E-state index in [1.807, 2.05) is 0 Å². The molecule has 0 aromatic carbocycles. The Morgan fingerprint density at radius 1 is 0.765 bits per heavy atom. The summed E-state index contributed by atoms with van der Waals surface area (Å²) in [4.78, 5) is 0. The molecule has 0 aromatic rings. The van der Waals surface area contributed by atoms with Gasteiger partial charge in [-0.15, -0.1) is 0 Å². The first-order valence-corrected chi connectivity index (χ1v) is 11.9. The van der Waals surface area contributed by atoms with Crippen LogP contribution in [0.3, 0.4) is 0 Å². The average Bonchev–Trinajstić information content (AvgIpc) is 2.16. The van der Waals surface area contributed by atoms with E-state index in [1.165, 1.54) is 13.1 Å². The summed E-state index contributed by atoms with van der Waals surface area (Å²) in [6.45, 7) is 7.17. The molecule has 0 saturated heterocycles. The molecule has 0 saturated carbocycles. The summed E-state index contributed by atoms with van der Waals surface area (Å²) in [5, 5.41) is 0. The van der Waals surface area contributed by atoms with Gasteiger partial charge in [-0.25, -0.2) is 0 Å². The number of hydrogen-bond donors (Lipinski definition) is 0. The number of hydrogen-bond acceptors (Lipinski definition) is 1. The largest absolute Gasteiger partial charge is 0.409 e. The Morgan fingerprint density at radius 3 is 1.41 bits per heavy atom. The topological polar surface area (TPSA) is 9.23 Å². The van der Waals surface area contributed by atoms with Gasteiger partial charge in [0.05, 0.1) is 0 Å². The zero-order valence-corrected chi connectivity index (χ0v) is 13.8. The van der Waals surface area contributed by atoms with Crippen LogP contribution in [-0.4, -0.2) is 17.3 Å². The highest BCUT2D eigenvalue weighted by Crippen LogP contribution is 2.27. The smallest absolute Gasteiger partial charge is 0.372 e. The van der Waals surface area contributed by atoms with Crippen molar-refractivity contribution in [3.63, 3.8) is 0 Å². The van der Waals surface area contributed by atoms with Crippen LogP contribution in [-0.2, 0) is 4.12 Å². The van der Waals surface area contributed by atoms with Crippen LogP contribution in [0.4, 0.5) is 8.22 Å². The molecule has 0 radical (unpaired) electrons. The van der Waals surface area contributed by atoms with Gasteiger partial charge in [-0.05, 0) is 25.2 Å². The number of rotatable bonds is 10. The fourth-order valence-corrected chi connectivity index (χ4v) is 8.06. The van der Waals surface area contributed by atoms with Gasteiger partial charge in [0.25, 0.3) is 0 Å². The van der Waals surface area contributed by atoms with Crippen molar-refractivity contribution in [2.24, 2.45) is 0 Å². The minimum Gasteiger partial charge on any atom is -0.409 e. The van der Waals surface area contributed by atoms with Crippen LogP contribution >= 0.6 is 0 Å². The SMILES string of the molecule is CCCCC[Si](C)(F)O[Si](C)(F)CCCCC. The molecule has 0 aliphatic rings. The normalized spacial score (nSPS) is 18.7. The van der Waals surface area contributed by atoms with Gasteiger partial charge in [0, 0.05) is 0 Å². The highest BCUT2D eigenvalue weighted by atomic mass is 28.5. The predicted molar refractivity (Wildman–Crippen MR) is 75.2 cm³/mol. The molecule has 0 bridgehead atoms. The summed E-state index contributed by atoms with van der Waals surface area (Å²) in [6, 6.07) is 0.891. The van der Waals surface area contributed by atoms with E-state index >= 15 is 0 Å². The molecule has 2 unspecified atom stereocenters. The van der Waals surface area contributed by atoms with Crippen LogP contribution in [0.2, 0.25) is 25.2 Å². The Morgan fingerprint density at radius 2 is 1.12 bits per heavy atom. The van der Waals surface area contributed by atoms with Crippen LogP contribution in [0.5, 0.6) is 0 Å². The Kier molecular flexibility index (Phi) is 8.50. The van der Waals surface area contributed by atoms with E-state index in [4.69, 9.17) is 4.12 Å². The molecule has 0 aliphatic carbocycles. The van der Waals surface area contributed by atoms with Crippen molar-refractivity contribution in [3.8, 4) is 0 Å². The molecule has 1 nitrogen and oxygen atoms in total. The second-order valence-corrected chi connectivity index (χ2v) is 11.4. The predicted octanol–water partition coefficient (Wildman–Crippen LogP) is 5.47. The summed E-state index contributed by atoms with van der Waals surface area (Å²) in [5.41, 5.74) is 0. The number of halogens is 2. The Balaban J connectivity index is 3.99. The summed E-state index contributed by atoms with van der Waals surface area (Å²) < 4.78 is 33.5. The Labute approximate surface area is 108 Å². The van der Waals surface area contributed by atoms with E-state index < -0.39 is 17.3 Å². The summed E-state index contributed by atoms with van der Waals surface area (Å²) in [7, 11) is -6.50. The van der Waals surface area contributed by atoms with E-state index in [1.54, 1.807) is 0 Å². The maximum absolute atomic E-state index is 14.1. The summed E-state index contributed by atoms with van der Waals surface area (Å²) in [6.07, 6.45) is 5.80. The minimum absolute atomic E-state index is 0.446. The molecule has 5 heteroatoms. The molecule has 0 aromatic heterocycles. The van der Waals surface area contributed by atoms with Crippen molar-refractivity contribution in [3.05, 3.63) is 0 Å². The molecule has 0 aliphatic heterocycles. The van der Waals surface area contributed by atoms with Crippen molar-refractivity contribution in [2.75, 3.05) is 0 Å². The minimum atomic E-state index is -3.25. The quantitative estimate of drug-likeness (QED) is 0.293. The highest BCUT2D eigenvalue weighted by Gasteiger charge is 2.41. The third-order valence-electron chi connectivity index (χ3n) is 2.88. The maximum atomic E-state index is 14.1. The van der Waals surface area contributed by atoms with Crippen molar-refractivity contribution >= 4 is 17.3 Å². The van der Waals surface area contributed by atoms with Gasteiger partial charge in [-0.2, -0.15) is 0 Å². The standard InChI is InChI=1S/C12H28F2OSi2/c1-5-7-9-11-16(3,13)15-17(4,14)12-10-8-6-2/h5-12H2,1-4H3. The van der Waals surface area contributed by atoms with Crippen LogP contribution in [0.1, 0.15) is 52.4 Å². The molecule has 0 spiro atoms. The lowest BCUT2D eigenvalue weighted by Gasteiger charge is -2.26. The fraction of sp³-hybridized carbons (Fsp3) is 1.00. The number of unbranched alkanes of at least 4 members (excludes halogenated alkanes) is 4. The van der Waals surface area contributed by atoms with E-state index in [0.29, 0.717) is 12.1 Å². The summed E-state index contributed by atoms with van der Waals surface area (Å²) in [5.74, 6) is 0. The first-order chi connectivity index (χ1) is 7.83. The average molecular weight is 283 g/mol. The van der Waals surface area contributed by atoms with Gasteiger partial charge in [-0.3, -0.25) is 8.22 Å². The zero-order chi connectivity index (χ0) is 13.4. The molecule has 0 N–H and O–H groups in total. The molecule has 0 fully saturated rings. The molecular weight excluding hydrogens is 254 g/mol. The van der Waals surface area contributed by atoms with Crippen LogP contribution in [0.25, 0.3) is 0 Å². The van der Waals surface area contributed by atoms with E-state index in [-0.39, 0.29) is 0 Å². The van der Waals surface area contributed by atoms with E-state index in [0.717, 1.165) is 38.5 Å². The third-order valence-corrected chi connectivity index (χ3v) is 8.78. The monoisotopic (exact) mass is 282 g/mol. The van der Waals surface area contributed by atoms with Gasteiger partial charge in [0.15, 0.2) is 0 Å². The lowest BCUT2D eigenvalue weighted by atomic mass is 10.3. The van der Waals surface area contributed by atoms with Crippen molar-refractivity contribution < 1.29 is 12.3 Å². The van der Waals surface area contributed by atoms with Crippen LogP contribution in [0.15, 0.2) is 0 Å². The lowest BCUT2D eigenvalue weighted by molar-refractivity contribution is 0.397. The third kappa shape index (κ3) is 9.91. The van der Waals surface area contributed by atoms with Gasteiger partial charge in [-0.1, -0.05) is 52.4 Å². The zero-order valence-electron chi connectivity index (χ0n) is 11.8. The van der Waals surface area contributed by atoms with E-state index in [2.05, 4.69) is 13.8 Å². The second kappa shape index (κ2) is 8.37. The van der Waals surface area contributed by atoms with Gasteiger partial charge in [0.1, 0.15) is 0 Å². The van der Waals surface area contributed by atoms with Crippen molar-refractivity contribution in [1.29, 1.82) is 0 Å². The Bertz CT molecular complexity index is 179. The van der Waals surface area contributed by atoms with Crippen LogP contribution < -0.4 is 0 Å². The molecule has 2 atom stereocenters. The van der Waals surface area contributed by atoms with Gasteiger partial charge < -0.3 is 4.12 Å². The molecule has 0 rings (SSSR count). The van der Waals surface area contributed by atoms with Crippen molar-refractivity contribution in [1.82, 2.24) is 0 Å². The molecule has 0 heterocycles. The van der Waals surface area contributed by atoms with Crippen LogP contribution in [0, 0.1) is 0 Å². The Hall–Kier alpha value is 0.254.